The Balaban J connectivity index is 1.86. The molecule has 0 fully saturated rings. The molecule has 0 aromatic heterocycles. The van der Waals surface area contributed by atoms with Crippen LogP contribution in [0.5, 0.6) is 5.75 Å². The standard InChI is InChI=1S/C17H21N3O3S2/c1-20(2)25(22,23)16-8-6-14(7-9-16)19-17(24)18-11-10-13-4-3-5-15(21)12-13/h3-9,12,21H,10-11H2,1-2H3,(H2,18,19,24). The van der Waals surface area contributed by atoms with Gasteiger partial charge in [-0.1, -0.05) is 12.1 Å². The molecule has 3 N–H and O–H groups in total. The van der Waals surface area contributed by atoms with E-state index in [-0.39, 0.29) is 10.6 Å². The van der Waals surface area contributed by atoms with E-state index in [1.165, 1.54) is 30.5 Å². The van der Waals surface area contributed by atoms with Crippen LogP contribution in [-0.4, -0.2) is 43.6 Å². The van der Waals surface area contributed by atoms with Crippen molar-refractivity contribution in [3.8, 4) is 5.75 Å². The lowest BCUT2D eigenvalue weighted by atomic mass is 10.1. The van der Waals surface area contributed by atoms with E-state index < -0.39 is 10.0 Å². The highest BCUT2D eigenvalue weighted by molar-refractivity contribution is 7.89. The van der Waals surface area contributed by atoms with Gasteiger partial charge in [-0.3, -0.25) is 0 Å². The fourth-order valence-corrected chi connectivity index (χ4v) is 3.25. The molecule has 0 aliphatic carbocycles. The highest BCUT2D eigenvalue weighted by atomic mass is 32.2. The summed E-state index contributed by atoms with van der Waals surface area (Å²) < 4.78 is 25.2. The first kappa shape index (κ1) is 19.2. The molecule has 0 unspecified atom stereocenters. The second kappa shape index (κ2) is 8.28. The molecule has 0 saturated carbocycles. The van der Waals surface area contributed by atoms with Gasteiger partial charge in [-0.2, -0.15) is 0 Å². The first-order valence-corrected chi connectivity index (χ1v) is 9.49. The maximum Gasteiger partial charge on any atom is 0.242 e. The smallest absolute Gasteiger partial charge is 0.242 e. The Morgan fingerprint density at radius 2 is 1.84 bits per heavy atom. The zero-order chi connectivity index (χ0) is 18.4. The van der Waals surface area contributed by atoms with E-state index >= 15 is 0 Å². The summed E-state index contributed by atoms with van der Waals surface area (Å²) >= 11 is 5.23. The molecule has 0 spiro atoms. The quantitative estimate of drug-likeness (QED) is 0.668. The molecular formula is C17H21N3O3S2. The summed E-state index contributed by atoms with van der Waals surface area (Å²) in [6.07, 6.45) is 0.718. The van der Waals surface area contributed by atoms with Crippen LogP contribution in [0.2, 0.25) is 0 Å². The zero-order valence-corrected chi connectivity index (χ0v) is 15.7. The van der Waals surface area contributed by atoms with E-state index in [9.17, 15) is 13.5 Å². The Morgan fingerprint density at radius 1 is 1.16 bits per heavy atom. The van der Waals surface area contributed by atoms with Crippen molar-refractivity contribution in [2.45, 2.75) is 11.3 Å². The van der Waals surface area contributed by atoms with Crippen molar-refractivity contribution in [3.05, 3.63) is 54.1 Å². The Hall–Kier alpha value is -2.16. The van der Waals surface area contributed by atoms with Gasteiger partial charge in [-0.25, -0.2) is 12.7 Å². The summed E-state index contributed by atoms with van der Waals surface area (Å²) in [4.78, 5) is 0.228. The minimum absolute atomic E-state index is 0.228. The van der Waals surface area contributed by atoms with Crippen LogP contribution in [-0.2, 0) is 16.4 Å². The van der Waals surface area contributed by atoms with Gasteiger partial charge in [0.2, 0.25) is 10.0 Å². The second-order valence-electron chi connectivity index (χ2n) is 5.61. The Bertz CT molecular complexity index is 834. The van der Waals surface area contributed by atoms with E-state index in [0.29, 0.717) is 17.3 Å². The summed E-state index contributed by atoms with van der Waals surface area (Å²) in [6, 6.07) is 13.5. The number of rotatable bonds is 6. The van der Waals surface area contributed by atoms with Crippen LogP contribution >= 0.6 is 12.2 Å². The molecule has 2 aromatic rings. The van der Waals surface area contributed by atoms with Crippen LogP contribution in [0.3, 0.4) is 0 Å². The van der Waals surface area contributed by atoms with Crippen molar-refractivity contribution in [3.63, 3.8) is 0 Å². The van der Waals surface area contributed by atoms with Crippen LogP contribution in [0.4, 0.5) is 5.69 Å². The molecule has 0 aliphatic rings. The number of nitrogens with zero attached hydrogens (tertiary/aromatic N) is 1. The molecule has 2 aromatic carbocycles. The van der Waals surface area contributed by atoms with Gasteiger partial charge in [0, 0.05) is 26.3 Å². The molecule has 0 atom stereocenters. The number of nitrogens with one attached hydrogen (secondary N) is 2. The highest BCUT2D eigenvalue weighted by Gasteiger charge is 2.16. The van der Waals surface area contributed by atoms with Gasteiger partial charge in [-0.05, 0) is 60.6 Å². The molecule has 0 saturated heterocycles. The number of phenolic OH excluding ortho intramolecular Hbond substituents is 1. The predicted octanol–water partition coefficient (Wildman–Crippen LogP) is 2.17. The molecule has 6 nitrogen and oxygen atoms in total. The minimum atomic E-state index is -3.43. The van der Waals surface area contributed by atoms with Crippen LogP contribution < -0.4 is 10.6 Å². The van der Waals surface area contributed by atoms with Crippen molar-refractivity contribution >= 4 is 33.0 Å². The first-order chi connectivity index (χ1) is 11.8. The summed E-state index contributed by atoms with van der Waals surface area (Å²) in [6.45, 7) is 0.613. The van der Waals surface area contributed by atoms with E-state index in [1.54, 1.807) is 30.3 Å². The first-order valence-electron chi connectivity index (χ1n) is 7.64. The van der Waals surface area contributed by atoms with E-state index in [4.69, 9.17) is 12.2 Å². The monoisotopic (exact) mass is 379 g/mol. The lowest BCUT2D eigenvalue weighted by molar-refractivity contribution is 0.474. The van der Waals surface area contributed by atoms with Crippen molar-refractivity contribution in [1.82, 2.24) is 9.62 Å². The zero-order valence-electron chi connectivity index (χ0n) is 14.1. The largest absolute Gasteiger partial charge is 0.508 e. The summed E-state index contributed by atoms with van der Waals surface area (Å²) in [7, 11) is -0.448. The average molecular weight is 380 g/mol. The second-order valence-corrected chi connectivity index (χ2v) is 8.17. The lowest BCUT2D eigenvalue weighted by Gasteiger charge is -2.13. The molecule has 0 aliphatic heterocycles. The average Bonchev–Trinajstić information content (AvgIpc) is 2.55. The third-order valence-electron chi connectivity index (χ3n) is 3.50. The normalized spacial score (nSPS) is 11.3. The molecule has 0 bridgehead atoms. The SMILES string of the molecule is CN(C)S(=O)(=O)c1ccc(NC(=S)NCCc2cccc(O)c2)cc1. The van der Waals surface area contributed by atoms with Gasteiger partial charge in [0.1, 0.15) is 5.75 Å². The number of sulfonamides is 1. The fourth-order valence-electron chi connectivity index (χ4n) is 2.13. The lowest BCUT2D eigenvalue weighted by Crippen LogP contribution is -2.30. The van der Waals surface area contributed by atoms with E-state index in [0.717, 1.165) is 12.0 Å². The molecule has 8 heteroatoms. The van der Waals surface area contributed by atoms with Crippen molar-refractivity contribution in [1.29, 1.82) is 0 Å². The van der Waals surface area contributed by atoms with Gasteiger partial charge in [0.15, 0.2) is 5.11 Å². The van der Waals surface area contributed by atoms with Crippen molar-refractivity contribution < 1.29 is 13.5 Å². The molecule has 0 amide bonds. The van der Waals surface area contributed by atoms with Gasteiger partial charge < -0.3 is 15.7 Å². The Labute approximate surface area is 153 Å². The molecule has 134 valence electrons. The summed E-state index contributed by atoms with van der Waals surface area (Å²) in [5, 5.41) is 16.0. The van der Waals surface area contributed by atoms with Crippen molar-refractivity contribution in [2.75, 3.05) is 26.0 Å². The number of anilines is 1. The number of hydrogen-bond donors (Lipinski definition) is 3. The van der Waals surface area contributed by atoms with E-state index in [2.05, 4.69) is 10.6 Å². The van der Waals surface area contributed by atoms with Crippen LogP contribution in [0.25, 0.3) is 0 Å². The number of thiocarbonyl (C=S) groups is 1. The molecular weight excluding hydrogens is 358 g/mol. The third-order valence-corrected chi connectivity index (χ3v) is 5.58. The Morgan fingerprint density at radius 3 is 2.44 bits per heavy atom. The maximum atomic E-state index is 12.0. The molecule has 2 rings (SSSR count). The molecule has 25 heavy (non-hydrogen) atoms. The number of benzene rings is 2. The van der Waals surface area contributed by atoms with Gasteiger partial charge >= 0.3 is 0 Å². The molecule has 0 heterocycles. The van der Waals surface area contributed by atoms with Gasteiger partial charge in [0.25, 0.3) is 0 Å². The maximum absolute atomic E-state index is 12.0. The van der Waals surface area contributed by atoms with Crippen molar-refractivity contribution in [2.24, 2.45) is 0 Å². The topological polar surface area (TPSA) is 81.7 Å². The van der Waals surface area contributed by atoms with Gasteiger partial charge in [0.05, 0.1) is 4.90 Å². The minimum Gasteiger partial charge on any atom is -0.508 e. The number of aromatic hydroxyl groups is 1. The molecule has 0 radical (unpaired) electrons. The number of hydrogen-bond acceptors (Lipinski definition) is 4. The van der Waals surface area contributed by atoms with Gasteiger partial charge in [-0.15, -0.1) is 0 Å². The Kier molecular flexibility index (Phi) is 6.35. The van der Waals surface area contributed by atoms with E-state index in [1.807, 2.05) is 6.07 Å². The van der Waals surface area contributed by atoms with Crippen LogP contribution in [0.1, 0.15) is 5.56 Å². The van der Waals surface area contributed by atoms with Crippen LogP contribution in [0.15, 0.2) is 53.4 Å². The summed E-state index contributed by atoms with van der Waals surface area (Å²) in [5.74, 6) is 0.242. The predicted molar refractivity (Wildman–Crippen MR) is 103 cm³/mol. The van der Waals surface area contributed by atoms with Crippen LogP contribution in [0, 0.1) is 0 Å². The summed E-state index contributed by atoms with van der Waals surface area (Å²) in [5.41, 5.74) is 1.71. The third kappa shape index (κ3) is 5.42. The number of phenols is 1. The fraction of sp³-hybridized carbons (Fsp3) is 0.235. The highest BCUT2D eigenvalue weighted by Crippen LogP contribution is 2.16.